The van der Waals surface area contributed by atoms with Crippen molar-refractivity contribution in [2.45, 2.75) is 70.1 Å². The minimum absolute atomic E-state index is 0.00892. The number of phenols is 2. The average molecular weight is 303 g/mol. The number of aromatic hydroxyl groups is 2. The van der Waals surface area contributed by atoms with Crippen molar-refractivity contribution >= 4 is 0 Å². The minimum atomic E-state index is 0.00892. The van der Waals surface area contributed by atoms with Gasteiger partial charge in [0.2, 0.25) is 0 Å². The molecule has 0 radical (unpaired) electrons. The van der Waals surface area contributed by atoms with E-state index in [2.05, 4.69) is 0 Å². The van der Waals surface area contributed by atoms with Crippen LogP contribution in [0.15, 0.2) is 12.1 Å². The summed E-state index contributed by atoms with van der Waals surface area (Å²) in [6, 6.07) is 3.57. The SMILES string of the molecule is NCC1CC2(CCCCCCCC2)Cc2c1ccc(O)c2O. The molecule has 2 aliphatic rings. The van der Waals surface area contributed by atoms with Crippen LogP contribution in [0.2, 0.25) is 0 Å². The number of benzene rings is 1. The maximum absolute atomic E-state index is 10.4. The van der Waals surface area contributed by atoms with Crippen LogP contribution >= 0.6 is 0 Å². The Morgan fingerprint density at radius 2 is 1.64 bits per heavy atom. The lowest BCUT2D eigenvalue weighted by Crippen LogP contribution is -2.34. The predicted molar refractivity (Wildman–Crippen MR) is 89.3 cm³/mol. The molecule has 1 aromatic rings. The molecule has 122 valence electrons. The average Bonchev–Trinajstić information content (AvgIpc) is 2.63. The van der Waals surface area contributed by atoms with Crippen LogP contribution in [0.4, 0.5) is 0 Å². The number of hydrogen-bond donors (Lipinski definition) is 3. The summed E-state index contributed by atoms with van der Waals surface area (Å²) in [6.45, 7) is 0.624. The summed E-state index contributed by atoms with van der Waals surface area (Å²) in [5.41, 5.74) is 8.44. The third kappa shape index (κ3) is 2.96. The Kier molecular flexibility index (Phi) is 4.62. The monoisotopic (exact) mass is 303 g/mol. The Morgan fingerprint density at radius 1 is 1.00 bits per heavy atom. The van der Waals surface area contributed by atoms with E-state index in [-0.39, 0.29) is 16.9 Å². The van der Waals surface area contributed by atoms with E-state index >= 15 is 0 Å². The smallest absolute Gasteiger partial charge is 0.160 e. The van der Waals surface area contributed by atoms with Gasteiger partial charge in [-0.1, -0.05) is 44.6 Å². The fourth-order valence-electron chi connectivity index (χ4n) is 4.71. The van der Waals surface area contributed by atoms with Gasteiger partial charge in [-0.05, 0) is 55.2 Å². The maximum Gasteiger partial charge on any atom is 0.160 e. The topological polar surface area (TPSA) is 66.5 Å². The summed E-state index contributed by atoms with van der Waals surface area (Å²) < 4.78 is 0. The van der Waals surface area contributed by atoms with E-state index in [9.17, 15) is 10.2 Å². The van der Waals surface area contributed by atoms with Crippen molar-refractivity contribution in [3.8, 4) is 11.5 Å². The van der Waals surface area contributed by atoms with Crippen molar-refractivity contribution in [3.63, 3.8) is 0 Å². The molecule has 1 saturated carbocycles. The van der Waals surface area contributed by atoms with Crippen LogP contribution in [-0.4, -0.2) is 16.8 Å². The molecular weight excluding hydrogens is 274 g/mol. The second kappa shape index (κ2) is 6.49. The first-order valence-corrected chi connectivity index (χ1v) is 8.89. The molecule has 0 aromatic heterocycles. The molecule has 0 bridgehead atoms. The number of fused-ring (bicyclic) bond motifs is 1. The molecule has 1 fully saturated rings. The number of nitrogens with two attached hydrogens (primary N) is 1. The largest absolute Gasteiger partial charge is 0.504 e. The summed E-state index contributed by atoms with van der Waals surface area (Å²) in [5, 5.41) is 20.2. The zero-order valence-corrected chi connectivity index (χ0v) is 13.5. The van der Waals surface area contributed by atoms with Gasteiger partial charge in [-0.15, -0.1) is 0 Å². The third-order valence-electron chi connectivity index (χ3n) is 5.92. The van der Waals surface area contributed by atoms with Crippen LogP contribution in [0.1, 0.15) is 74.8 Å². The van der Waals surface area contributed by atoms with E-state index in [4.69, 9.17) is 5.73 Å². The molecule has 0 saturated heterocycles. The molecule has 4 N–H and O–H groups in total. The summed E-state index contributed by atoms with van der Waals surface area (Å²) in [6.07, 6.45) is 12.5. The summed E-state index contributed by atoms with van der Waals surface area (Å²) in [4.78, 5) is 0. The van der Waals surface area contributed by atoms with Crippen molar-refractivity contribution < 1.29 is 10.2 Å². The summed E-state index contributed by atoms with van der Waals surface area (Å²) >= 11 is 0. The molecule has 2 aliphatic carbocycles. The van der Waals surface area contributed by atoms with Gasteiger partial charge in [-0.2, -0.15) is 0 Å². The third-order valence-corrected chi connectivity index (χ3v) is 5.92. The van der Waals surface area contributed by atoms with E-state index in [1.165, 1.54) is 51.4 Å². The van der Waals surface area contributed by atoms with Gasteiger partial charge in [-0.3, -0.25) is 0 Å². The molecule has 22 heavy (non-hydrogen) atoms. The van der Waals surface area contributed by atoms with Gasteiger partial charge in [0.25, 0.3) is 0 Å². The van der Waals surface area contributed by atoms with E-state index < -0.39 is 0 Å². The molecule has 0 amide bonds. The fraction of sp³-hybridized carbons (Fsp3) is 0.684. The zero-order chi connectivity index (χ0) is 15.6. The zero-order valence-electron chi connectivity index (χ0n) is 13.5. The lowest BCUT2D eigenvalue weighted by molar-refractivity contribution is 0.174. The fourth-order valence-corrected chi connectivity index (χ4v) is 4.71. The first-order chi connectivity index (χ1) is 10.7. The maximum atomic E-state index is 10.4. The van der Waals surface area contributed by atoms with E-state index in [1.807, 2.05) is 6.07 Å². The molecule has 3 heteroatoms. The first-order valence-electron chi connectivity index (χ1n) is 8.89. The predicted octanol–water partition coefficient (Wildman–Crippen LogP) is 4.21. The van der Waals surface area contributed by atoms with Crippen LogP contribution in [-0.2, 0) is 6.42 Å². The van der Waals surface area contributed by atoms with Gasteiger partial charge in [-0.25, -0.2) is 0 Å². The van der Waals surface area contributed by atoms with Gasteiger partial charge >= 0.3 is 0 Å². The Bertz CT molecular complexity index is 516. The van der Waals surface area contributed by atoms with Crippen LogP contribution < -0.4 is 5.73 Å². The second-order valence-corrected chi connectivity index (χ2v) is 7.44. The highest BCUT2D eigenvalue weighted by Gasteiger charge is 2.39. The molecule has 1 atom stereocenters. The van der Waals surface area contributed by atoms with Gasteiger partial charge in [0.05, 0.1) is 0 Å². The molecule has 0 aliphatic heterocycles. The number of hydrogen-bond acceptors (Lipinski definition) is 3. The second-order valence-electron chi connectivity index (χ2n) is 7.44. The van der Waals surface area contributed by atoms with Gasteiger partial charge < -0.3 is 15.9 Å². The molecule has 3 nitrogen and oxygen atoms in total. The lowest BCUT2D eigenvalue weighted by Gasteiger charge is -2.42. The highest BCUT2D eigenvalue weighted by atomic mass is 16.3. The minimum Gasteiger partial charge on any atom is -0.504 e. The Hall–Kier alpha value is -1.22. The van der Waals surface area contributed by atoms with Crippen LogP contribution in [0.5, 0.6) is 11.5 Å². The molecule has 1 spiro atoms. The Balaban J connectivity index is 1.95. The van der Waals surface area contributed by atoms with Crippen LogP contribution in [0.25, 0.3) is 0 Å². The highest BCUT2D eigenvalue weighted by molar-refractivity contribution is 5.52. The van der Waals surface area contributed by atoms with Crippen LogP contribution in [0.3, 0.4) is 0 Å². The molecule has 1 unspecified atom stereocenters. The van der Waals surface area contributed by atoms with Crippen molar-refractivity contribution in [3.05, 3.63) is 23.3 Å². The Morgan fingerprint density at radius 3 is 2.27 bits per heavy atom. The van der Waals surface area contributed by atoms with E-state index in [0.29, 0.717) is 12.5 Å². The van der Waals surface area contributed by atoms with Crippen molar-refractivity contribution in [2.75, 3.05) is 6.54 Å². The molecule has 1 aromatic carbocycles. The van der Waals surface area contributed by atoms with Crippen LogP contribution in [0, 0.1) is 5.41 Å². The summed E-state index contributed by atoms with van der Waals surface area (Å²) in [5.74, 6) is 0.417. The van der Waals surface area contributed by atoms with Gasteiger partial charge in [0.15, 0.2) is 11.5 Å². The van der Waals surface area contributed by atoms with E-state index in [1.54, 1.807) is 6.07 Å². The summed E-state index contributed by atoms with van der Waals surface area (Å²) in [7, 11) is 0. The number of phenolic OH excluding ortho intramolecular Hbond substituents is 2. The highest BCUT2D eigenvalue weighted by Crippen LogP contribution is 2.52. The molecule has 0 heterocycles. The van der Waals surface area contributed by atoms with Crippen molar-refractivity contribution in [2.24, 2.45) is 11.1 Å². The van der Waals surface area contributed by atoms with E-state index in [0.717, 1.165) is 24.0 Å². The normalized spacial score (nSPS) is 25.0. The lowest BCUT2D eigenvalue weighted by atomic mass is 9.62. The Labute approximate surface area is 133 Å². The molecular formula is C19H29NO2. The van der Waals surface area contributed by atoms with Crippen molar-refractivity contribution in [1.82, 2.24) is 0 Å². The van der Waals surface area contributed by atoms with Gasteiger partial charge in [0, 0.05) is 5.56 Å². The number of rotatable bonds is 1. The first kappa shape index (κ1) is 15.7. The van der Waals surface area contributed by atoms with Crippen molar-refractivity contribution in [1.29, 1.82) is 0 Å². The van der Waals surface area contributed by atoms with Gasteiger partial charge in [0.1, 0.15) is 0 Å². The quantitative estimate of drug-likeness (QED) is 0.681. The standard InChI is InChI=1S/C19H29NO2/c20-13-14-11-19(9-5-3-1-2-4-6-10-19)12-16-15(14)7-8-17(21)18(16)22/h7-8,14,21-22H,1-6,9-13,20H2. The molecule has 3 rings (SSSR count).